The first-order valence-corrected chi connectivity index (χ1v) is 5.09. The van der Waals surface area contributed by atoms with E-state index in [1.807, 2.05) is 6.92 Å². The third-order valence-electron chi connectivity index (χ3n) is 1.88. The van der Waals surface area contributed by atoms with Crippen LogP contribution < -0.4 is 5.73 Å². The summed E-state index contributed by atoms with van der Waals surface area (Å²) in [6, 6.07) is 3.26. The number of rotatable bonds is 2. The van der Waals surface area contributed by atoms with E-state index in [1.54, 1.807) is 12.1 Å². The van der Waals surface area contributed by atoms with Gasteiger partial charge in [-0.05, 0) is 24.1 Å². The van der Waals surface area contributed by atoms with Gasteiger partial charge in [0.05, 0.1) is 10.0 Å². The van der Waals surface area contributed by atoms with Crippen LogP contribution in [0.25, 0.3) is 0 Å². The molecule has 1 unspecified atom stereocenters. The van der Waals surface area contributed by atoms with Crippen LogP contribution in [0.5, 0.6) is 0 Å². The minimum atomic E-state index is -0.0812. The second-order valence-corrected chi connectivity index (χ2v) is 4.02. The van der Waals surface area contributed by atoms with Gasteiger partial charge >= 0.3 is 0 Å². The normalized spacial score (nSPS) is 13.0. The molecular formula is C9H10Cl3N. The molecule has 1 aromatic carbocycles. The van der Waals surface area contributed by atoms with Gasteiger partial charge in [0.1, 0.15) is 0 Å². The van der Waals surface area contributed by atoms with E-state index in [-0.39, 0.29) is 6.04 Å². The van der Waals surface area contributed by atoms with E-state index in [1.165, 1.54) is 0 Å². The topological polar surface area (TPSA) is 26.0 Å². The SMILES string of the molecule is CCC(N)c1cc(Cl)c(Cl)cc1Cl. The summed E-state index contributed by atoms with van der Waals surface area (Å²) in [5.74, 6) is 0. The Morgan fingerprint density at radius 2 is 1.69 bits per heavy atom. The molecule has 0 amide bonds. The fourth-order valence-corrected chi connectivity index (χ4v) is 1.74. The van der Waals surface area contributed by atoms with Crippen LogP contribution in [0.4, 0.5) is 0 Å². The average Bonchev–Trinajstić information content (AvgIpc) is 2.10. The van der Waals surface area contributed by atoms with E-state index in [2.05, 4.69) is 0 Å². The Hall–Kier alpha value is 0.0500. The van der Waals surface area contributed by atoms with Crippen LogP contribution in [-0.2, 0) is 0 Å². The van der Waals surface area contributed by atoms with E-state index >= 15 is 0 Å². The smallest absolute Gasteiger partial charge is 0.0607 e. The maximum absolute atomic E-state index is 5.95. The highest BCUT2D eigenvalue weighted by Gasteiger charge is 2.10. The van der Waals surface area contributed by atoms with Crippen molar-refractivity contribution in [3.8, 4) is 0 Å². The average molecular weight is 239 g/mol. The highest BCUT2D eigenvalue weighted by Crippen LogP contribution is 2.32. The number of benzene rings is 1. The third-order valence-corrected chi connectivity index (χ3v) is 2.93. The lowest BCUT2D eigenvalue weighted by Crippen LogP contribution is -2.09. The first kappa shape index (κ1) is 11.1. The Balaban J connectivity index is 3.15. The molecule has 2 N–H and O–H groups in total. The maximum Gasteiger partial charge on any atom is 0.0607 e. The van der Waals surface area contributed by atoms with Gasteiger partial charge in [-0.25, -0.2) is 0 Å². The Labute approximate surface area is 92.8 Å². The summed E-state index contributed by atoms with van der Waals surface area (Å²) >= 11 is 17.6. The lowest BCUT2D eigenvalue weighted by Gasteiger charge is -2.12. The highest BCUT2D eigenvalue weighted by molar-refractivity contribution is 6.43. The van der Waals surface area contributed by atoms with Crippen molar-refractivity contribution in [1.29, 1.82) is 0 Å². The van der Waals surface area contributed by atoms with Crippen LogP contribution in [0.15, 0.2) is 12.1 Å². The number of halogens is 3. The fourth-order valence-electron chi connectivity index (χ4n) is 1.04. The van der Waals surface area contributed by atoms with E-state index in [9.17, 15) is 0 Å². The van der Waals surface area contributed by atoms with Crippen molar-refractivity contribution in [1.82, 2.24) is 0 Å². The molecular weight excluding hydrogens is 228 g/mol. The van der Waals surface area contributed by atoms with Gasteiger partial charge in [-0.3, -0.25) is 0 Å². The van der Waals surface area contributed by atoms with E-state index < -0.39 is 0 Å². The van der Waals surface area contributed by atoms with Crippen LogP contribution in [-0.4, -0.2) is 0 Å². The zero-order valence-electron chi connectivity index (χ0n) is 7.15. The fraction of sp³-hybridized carbons (Fsp3) is 0.333. The maximum atomic E-state index is 5.95. The van der Waals surface area contributed by atoms with E-state index in [0.717, 1.165) is 12.0 Å². The first-order valence-electron chi connectivity index (χ1n) is 3.96. The van der Waals surface area contributed by atoms with Crippen molar-refractivity contribution in [3.63, 3.8) is 0 Å². The summed E-state index contributed by atoms with van der Waals surface area (Å²) in [7, 11) is 0. The van der Waals surface area contributed by atoms with Crippen LogP contribution in [0.1, 0.15) is 24.9 Å². The molecule has 72 valence electrons. The van der Waals surface area contributed by atoms with Crippen molar-refractivity contribution in [2.24, 2.45) is 5.73 Å². The van der Waals surface area contributed by atoms with Crippen LogP contribution in [0, 0.1) is 0 Å². The van der Waals surface area contributed by atoms with Crippen molar-refractivity contribution < 1.29 is 0 Å². The molecule has 0 fully saturated rings. The number of hydrogen-bond donors (Lipinski definition) is 1. The third kappa shape index (κ3) is 2.50. The summed E-state index contributed by atoms with van der Waals surface area (Å²) < 4.78 is 0. The Kier molecular flexibility index (Phi) is 3.87. The zero-order chi connectivity index (χ0) is 10.0. The Morgan fingerprint density at radius 1 is 1.15 bits per heavy atom. The lowest BCUT2D eigenvalue weighted by molar-refractivity contribution is 0.699. The quantitative estimate of drug-likeness (QED) is 0.773. The van der Waals surface area contributed by atoms with Gasteiger partial charge in [-0.15, -0.1) is 0 Å². The van der Waals surface area contributed by atoms with Crippen molar-refractivity contribution >= 4 is 34.8 Å². The van der Waals surface area contributed by atoms with E-state index in [0.29, 0.717) is 15.1 Å². The van der Waals surface area contributed by atoms with Gasteiger partial charge in [0, 0.05) is 11.1 Å². The van der Waals surface area contributed by atoms with Gasteiger partial charge in [0.2, 0.25) is 0 Å². The molecule has 0 aliphatic carbocycles. The summed E-state index contributed by atoms with van der Waals surface area (Å²) in [4.78, 5) is 0. The second-order valence-electron chi connectivity index (χ2n) is 2.80. The summed E-state index contributed by atoms with van der Waals surface area (Å²) in [6.07, 6.45) is 0.817. The molecule has 0 aliphatic heterocycles. The molecule has 13 heavy (non-hydrogen) atoms. The molecule has 0 radical (unpaired) electrons. The molecule has 0 aliphatic rings. The molecule has 0 bridgehead atoms. The minimum absolute atomic E-state index is 0.0812. The zero-order valence-corrected chi connectivity index (χ0v) is 9.42. The van der Waals surface area contributed by atoms with Gasteiger partial charge in [-0.1, -0.05) is 41.7 Å². The predicted octanol–water partition coefficient (Wildman–Crippen LogP) is 4.06. The standard InChI is InChI=1S/C9H10Cl3N/c1-2-9(13)5-3-7(11)8(12)4-6(5)10/h3-4,9H,2,13H2,1H3. The Morgan fingerprint density at radius 3 is 2.23 bits per heavy atom. The molecule has 4 heteroatoms. The molecule has 0 saturated carbocycles. The van der Waals surface area contributed by atoms with E-state index in [4.69, 9.17) is 40.5 Å². The second kappa shape index (κ2) is 4.52. The predicted molar refractivity (Wildman–Crippen MR) is 58.7 cm³/mol. The molecule has 1 rings (SSSR count). The monoisotopic (exact) mass is 237 g/mol. The largest absolute Gasteiger partial charge is 0.324 e. The van der Waals surface area contributed by atoms with Crippen LogP contribution in [0.2, 0.25) is 15.1 Å². The number of hydrogen-bond acceptors (Lipinski definition) is 1. The van der Waals surface area contributed by atoms with Crippen molar-refractivity contribution in [2.45, 2.75) is 19.4 Å². The molecule has 0 spiro atoms. The van der Waals surface area contributed by atoms with Gasteiger partial charge < -0.3 is 5.73 Å². The summed E-state index contributed by atoms with van der Waals surface area (Å²) in [5, 5.41) is 1.52. The number of nitrogens with two attached hydrogens (primary N) is 1. The molecule has 0 aromatic heterocycles. The molecule has 0 saturated heterocycles. The Bertz CT molecular complexity index is 312. The summed E-state index contributed by atoms with van der Waals surface area (Å²) in [6.45, 7) is 1.99. The molecule has 1 nitrogen and oxygen atoms in total. The summed E-state index contributed by atoms with van der Waals surface area (Å²) in [5.41, 5.74) is 6.67. The lowest BCUT2D eigenvalue weighted by atomic mass is 10.1. The molecule has 0 heterocycles. The minimum Gasteiger partial charge on any atom is -0.324 e. The molecule has 1 atom stereocenters. The van der Waals surface area contributed by atoms with Crippen molar-refractivity contribution in [2.75, 3.05) is 0 Å². The highest BCUT2D eigenvalue weighted by atomic mass is 35.5. The van der Waals surface area contributed by atoms with Gasteiger partial charge in [-0.2, -0.15) is 0 Å². The van der Waals surface area contributed by atoms with Crippen LogP contribution in [0.3, 0.4) is 0 Å². The first-order chi connectivity index (χ1) is 6.06. The van der Waals surface area contributed by atoms with Gasteiger partial charge in [0.25, 0.3) is 0 Å². The van der Waals surface area contributed by atoms with Crippen molar-refractivity contribution in [3.05, 3.63) is 32.8 Å². The molecule has 1 aromatic rings. The van der Waals surface area contributed by atoms with Crippen LogP contribution >= 0.6 is 34.8 Å². The van der Waals surface area contributed by atoms with Gasteiger partial charge in [0.15, 0.2) is 0 Å².